The minimum atomic E-state index is 1.23. The van der Waals surface area contributed by atoms with Gasteiger partial charge in [0.2, 0.25) is 0 Å². The molecule has 0 fully saturated rings. The zero-order valence-electron chi connectivity index (χ0n) is 26.2. The van der Waals surface area contributed by atoms with Gasteiger partial charge < -0.3 is 0 Å². The first-order chi connectivity index (χ1) is 23.8. The van der Waals surface area contributed by atoms with Crippen molar-refractivity contribution in [3.8, 4) is 44.5 Å². The first-order valence-corrected chi connectivity index (χ1v) is 16.8. The predicted molar refractivity (Wildman–Crippen MR) is 207 cm³/mol. The third kappa shape index (κ3) is 3.55. The normalized spacial score (nSPS) is 12.2. The van der Waals surface area contributed by atoms with Crippen LogP contribution in [-0.2, 0) is 0 Å². The number of benzene rings is 10. The highest BCUT2D eigenvalue weighted by molar-refractivity contribution is 6.29. The van der Waals surface area contributed by atoms with Gasteiger partial charge in [-0.2, -0.15) is 0 Å². The molecule has 0 heteroatoms. The molecule has 0 saturated heterocycles. The van der Waals surface area contributed by atoms with E-state index in [1.165, 1.54) is 109 Å². The second-order valence-electron chi connectivity index (χ2n) is 13.2. The van der Waals surface area contributed by atoms with Crippen LogP contribution in [0.1, 0.15) is 0 Å². The standard InChI is InChI=1S/C48H28/c1-2-10-38-36(8-1)37-9-3-5-12-40(37)45-27-32(23-25-42(38)45)30-18-16-29(17-19-30)31-22-24-35-33(26-31)20-21-34-28-46-41-13-6-4-11-39(41)43-14-7-15-44(47(34)35)48(43)46/h1-28H. The molecule has 0 nitrogen and oxygen atoms in total. The van der Waals surface area contributed by atoms with Gasteiger partial charge in [0.15, 0.2) is 0 Å². The lowest BCUT2D eigenvalue weighted by Crippen LogP contribution is -1.86. The number of fused-ring (bicyclic) bond motifs is 13. The molecule has 0 atom stereocenters. The molecule has 0 saturated carbocycles. The van der Waals surface area contributed by atoms with Gasteiger partial charge in [-0.15, -0.1) is 0 Å². The van der Waals surface area contributed by atoms with Crippen molar-refractivity contribution in [1.29, 1.82) is 0 Å². The average Bonchev–Trinajstić information content (AvgIpc) is 3.48. The van der Waals surface area contributed by atoms with Gasteiger partial charge in [-0.1, -0.05) is 152 Å². The lowest BCUT2D eigenvalue weighted by molar-refractivity contribution is 1.62. The molecule has 0 unspecified atom stereocenters. The van der Waals surface area contributed by atoms with E-state index >= 15 is 0 Å². The summed E-state index contributed by atoms with van der Waals surface area (Å²) in [5.74, 6) is 0. The molecule has 1 aliphatic rings. The predicted octanol–water partition coefficient (Wildman–Crippen LogP) is 13.6. The van der Waals surface area contributed by atoms with E-state index in [0.717, 1.165) is 0 Å². The largest absolute Gasteiger partial charge is 0.0616 e. The Morgan fingerprint density at radius 1 is 0.208 bits per heavy atom. The molecule has 0 aromatic heterocycles. The maximum atomic E-state index is 2.40. The Balaban J connectivity index is 1.01. The van der Waals surface area contributed by atoms with Crippen LogP contribution in [0.2, 0.25) is 0 Å². The summed E-state index contributed by atoms with van der Waals surface area (Å²) in [5.41, 5.74) is 10.3. The summed E-state index contributed by atoms with van der Waals surface area (Å²) in [5, 5.41) is 15.8. The first kappa shape index (κ1) is 25.9. The summed E-state index contributed by atoms with van der Waals surface area (Å²) in [6.07, 6.45) is 0. The fourth-order valence-corrected chi connectivity index (χ4v) is 8.56. The lowest BCUT2D eigenvalue weighted by atomic mass is 9.91. The Hall–Kier alpha value is -6.24. The van der Waals surface area contributed by atoms with Crippen molar-refractivity contribution in [2.75, 3.05) is 0 Å². The maximum absolute atomic E-state index is 2.40. The summed E-state index contributed by atoms with van der Waals surface area (Å²) in [6, 6.07) is 63.2. The zero-order chi connectivity index (χ0) is 31.3. The fraction of sp³-hybridized carbons (Fsp3) is 0. The third-order valence-electron chi connectivity index (χ3n) is 10.8. The number of hydrogen-bond donors (Lipinski definition) is 0. The van der Waals surface area contributed by atoms with Crippen molar-refractivity contribution in [1.82, 2.24) is 0 Å². The molecule has 10 aromatic rings. The molecular weight excluding hydrogens is 577 g/mol. The summed E-state index contributed by atoms with van der Waals surface area (Å²) < 4.78 is 0. The quantitative estimate of drug-likeness (QED) is 0.172. The Morgan fingerprint density at radius 3 is 1.38 bits per heavy atom. The van der Waals surface area contributed by atoms with Crippen LogP contribution in [0.3, 0.4) is 0 Å². The summed E-state index contributed by atoms with van der Waals surface area (Å²) in [4.78, 5) is 0. The molecule has 0 amide bonds. The molecular formula is C48H28. The van der Waals surface area contributed by atoms with Gasteiger partial charge in [0.25, 0.3) is 0 Å². The van der Waals surface area contributed by atoms with Gasteiger partial charge >= 0.3 is 0 Å². The number of rotatable bonds is 2. The molecule has 0 aliphatic heterocycles. The van der Waals surface area contributed by atoms with E-state index in [0.29, 0.717) is 0 Å². The average molecular weight is 605 g/mol. The lowest BCUT2D eigenvalue weighted by Gasteiger charge is -2.13. The molecule has 0 radical (unpaired) electrons. The third-order valence-corrected chi connectivity index (χ3v) is 10.8. The van der Waals surface area contributed by atoms with Crippen LogP contribution in [0.4, 0.5) is 0 Å². The Labute approximate surface area is 278 Å². The first-order valence-electron chi connectivity index (χ1n) is 16.8. The van der Waals surface area contributed by atoms with Gasteiger partial charge in [0.05, 0.1) is 0 Å². The highest BCUT2D eigenvalue weighted by atomic mass is 14.3. The molecule has 0 N–H and O–H groups in total. The van der Waals surface area contributed by atoms with Crippen molar-refractivity contribution in [2.24, 2.45) is 0 Å². The molecule has 11 rings (SSSR count). The SMILES string of the molecule is c1ccc2c(c1)-c1cccc3c1c-2cc1ccc2cc(-c4ccc(-c5ccc6c7ccccc7c7ccccc7c6c5)cc4)ccc2c13. The van der Waals surface area contributed by atoms with E-state index in [-0.39, 0.29) is 0 Å². The molecule has 0 heterocycles. The maximum Gasteiger partial charge on any atom is -0.00197 e. The van der Waals surface area contributed by atoms with E-state index in [1.807, 2.05) is 0 Å². The smallest absolute Gasteiger partial charge is 0.00197 e. The van der Waals surface area contributed by atoms with E-state index in [4.69, 9.17) is 0 Å². The topological polar surface area (TPSA) is 0 Å². The van der Waals surface area contributed by atoms with Crippen LogP contribution >= 0.6 is 0 Å². The van der Waals surface area contributed by atoms with Gasteiger partial charge in [-0.05, 0) is 127 Å². The van der Waals surface area contributed by atoms with Gasteiger partial charge in [0.1, 0.15) is 0 Å². The van der Waals surface area contributed by atoms with Crippen LogP contribution in [0.15, 0.2) is 170 Å². The summed E-state index contributed by atoms with van der Waals surface area (Å²) in [7, 11) is 0. The van der Waals surface area contributed by atoms with E-state index in [1.54, 1.807) is 0 Å². The Bertz CT molecular complexity index is 2940. The highest BCUT2D eigenvalue weighted by Gasteiger charge is 2.22. The Morgan fingerprint density at radius 2 is 0.688 bits per heavy atom. The van der Waals surface area contributed by atoms with Crippen molar-refractivity contribution in [2.45, 2.75) is 0 Å². The molecule has 48 heavy (non-hydrogen) atoms. The van der Waals surface area contributed by atoms with E-state index in [9.17, 15) is 0 Å². The number of hydrogen-bond acceptors (Lipinski definition) is 0. The molecule has 0 bridgehead atoms. The summed E-state index contributed by atoms with van der Waals surface area (Å²) in [6.45, 7) is 0. The second-order valence-corrected chi connectivity index (χ2v) is 13.2. The van der Waals surface area contributed by atoms with Crippen LogP contribution in [0, 0.1) is 0 Å². The van der Waals surface area contributed by atoms with Crippen LogP contribution in [-0.4, -0.2) is 0 Å². The minimum Gasteiger partial charge on any atom is -0.0616 e. The van der Waals surface area contributed by atoms with Crippen molar-refractivity contribution < 1.29 is 0 Å². The molecule has 10 aromatic carbocycles. The van der Waals surface area contributed by atoms with Crippen LogP contribution in [0.25, 0.3) is 109 Å². The van der Waals surface area contributed by atoms with Gasteiger partial charge in [-0.3, -0.25) is 0 Å². The second kappa shape index (κ2) is 9.64. The van der Waals surface area contributed by atoms with Gasteiger partial charge in [0, 0.05) is 0 Å². The van der Waals surface area contributed by atoms with Gasteiger partial charge in [-0.25, -0.2) is 0 Å². The molecule has 1 aliphatic carbocycles. The van der Waals surface area contributed by atoms with E-state index in [2.05, 4.69) is 170 Å². The van der Waals surface area contributed by atoms with Crippen LogP contribution < -0.4 is 0 Å². The minimum absolute atomic E-state index is 1.23. The summed E-state index contributed by atoms with van der Waals surface area (Å²) >= 11 is 0. The Kier molecular flexibility index (Phi) is 5.20. The van der Waals surface area contributed by atoms with Crippen molar-refractivity contribution >= 4 is 64.6 Å². The molecule has 220 valence electrons. The van der Waals surface area contributed by atoms with E-state index < -0.39 is 0 Å². The monoisotopic (exact) mass is 604 g/mol. The van der Waals surface area contributed by atoms with Crippen molar-refractivity contribution in [3.05, 3.63) is 170 Å². The van der Waals surface area contributed by atoms with Crippen LogP contribution in [0.5, 0.6) is 0 Å². The zero-order valence-corrected chi connectivity index (χ0v) is 26.2. The molecule has 0 spiro atoms. The fourth-order valence-electron chi connectivity index (χ4n) is 8.56. The van der Waals surface area contributed by atoms with Crippen molar-refractivity contribution in [3.63, 3.8) is 0 Å². The highest BCUT2D eigenvalue weighted by Crippen LogP contribution is 2.50.